The minimum Gasteiger partial charge on any atom is -0.465 e. The van der Waals surface area contributed by atoms with Gasteiger partial charge in [0.1, 0.15) is 11.5 Å². The van der Waals surface area contributed by atoms with Gasteiger partial charge in [0.2, 0.25) is 0 Å². The molecule has 0 radical (unpaired) electrons. The number of thioether (sulfide) groups is 1. The average Bonchev–Trinajstić information content (AvgIpc) is 2.67. The molecule has 17 heavy (non-hydrogen) atoms. The third-order valence-electron chi connectivity index (χ3n) is 3.18. The highest BCUT2D eigenvalue weighted by molar-refractivity contribution is 7.98. The molecule has 1 unspecified atom stereocenters. The van der Waals surface area contributed by atoms with Crippen molar-refractivity contribution in [1.82, 2.24) is 4.90 Å². The van der Waals surface area contributed by atoms with Crippen LogP contribution in [0.1, 0.15) is 30.4 Å². The lowest BCUT2D eigenvalue weighted by molar-refractivity contribution is 0.243. The van der Waals surface area contributed by atoms with Crippen molar-refractivity contribution in [3.8, 4) is 0 Å². The minimum atomic E-state index is 0.479. The Kier molecular flexibility index (Phi) is 6.09. The molecule has 1 atom stereocenters. The Morgan fingerprint density at radius 2 is 2.24 bits per heavy atom. The van der Waals surface area contributed by atoms with E-state index in [9.17, 15) is 0 Å². The van der Waals surface area contributed by atoms with Crippen molar-refractivity contribution < 1.29 is 4.42 Å². The molecule has 1 aromatic heterocycles. The van der Waals surface area contributed by atoms with Gasteiger partial charge in [0, 0.05) is 18.2 Å². The quantitative estimate of drug-likeness (QED) is 0.814. The molecule has 0 bridgehead atoms. The van der Waals surface area contributed by atoms with Gasteiger partial charge in [0.25, 0.3) is 0 Å². The van der Waals surface area contributed by atoms with Gasteiger partial charge in [-0.15, -0.1) is 0 Å². The highest BCUT2D eigenvalue weighted by Crippen LogP contribution is 2.17. The van der Waals surface area contributed by atoms with Crippen LogP contribution in [0.5, 0.6) is 0 Å². The lowest BCUT2D eigenvalue weighted by atomic mass is 10.2. The lowest BCUT2D eigenvalue weighted by Gasteiger charge is -2.24. The maximum atomic E-state index is 5.58. The summed E-state index contributed by atoms with van der Waals surface area (Å²) < 4.78 is 5.57. The summed E-state index contributed by atoms with van der Waals surface area (Å²) in [4.78, 5) is 2.37. The van der Waals surface area contributed by atoms with Crippen molar-refractivity contribution in [2.75, 3.05) is 19.1 Å². The van der Waals surface area contributed by atoms with Crippen molar-refractivity contribution in [2.45, 2.75) is 39.4 Å². The first kappa shape index (κ1) is 14.6. The second-order valence-corrected chi connectivity index (χ2v) is 5.53. The standard InChI is InChI=1S/C13H24N2OS/c1-10(5-6-17-4)15(3)9-12-7-13(8-14)16-11(12)2/h7,10H,5-6,8-9,14H2,1-4H3. The maximum Gasteiger partial charge on any atom is 0.118 e. The van der Waals surface area contributed by atoms with Gasteiger partial charge in [-0.2, -0.15) is 11.8 Å². The normalized spacial score (nSPS) is 13.3. The predicted octanol–water partition coefficient (Wildman–Crippen LogP) is 2.62. The van der Waals surface area contributed by atoms with Gasteiger partial charge in [-0.3, -0.25) is 4.90 Å². The zero-order valence-electron chi connectivity index (χ0n) is 11.3. The Labute approximate surface area is 109 Å². The van der Waals surface area contributed by atoms with Gasteiger partial charge in [-0.1, -0.05) is 0 Å². The van der Waals surface area contributed by atoms with Crippen molar-refractivity contribution in [3.63, 3.8) is 0 Å². The van der Waals surface area contributed by atoms with Crippen LogP contribution in [0.3, 0.4) is 0 Å². The molecule has 4 heteroatoms. The third kappa shape index (κ3) is 4.37. The van der Waals surface area contributed by atoms with E-state index in [-0.39, 0.29) is 0 Å². The molecular formula is C13H24N2OS. The largest absolute Gasteiger partial charge is 0.465 e. The summed E-state index contributed by atoms with van der Waals surface area (Å²) in [6, 6.07) is 2.67. The second-order valence-electron chi connectivity index (χ2n) is 4.54. The molecule has 0 aliphatic rings. The van der Waals surface area contributed by atoms with Crippen LogP contribution in [-0.4, -0.2) is 30.0 Å². The van der Waals surface area contributed by atoms with E-state index in [4.69, 9.17) is 10.2 Å². The summed E-state index contributed by atoms with van der Waals surface area (Å²) in [5.74, 6) is 3.08. The first-order valence-corrected chi connectivity index (χ1v) is 7.45. The van der Waals surface area contributed by atoms with E-state index in [2.05, 4.69) is 31.2 Å². The van der Waals surface area contributed by atoms with Gasteiger partial charge in [-0.05, 0) is 45.4 Å². The monoisotopic (exact) mass is 256 g/mol. The number of nitrogens with zero attached hydrogens (tertiary/aromatic N) is 1. The van der Waals surface area contributed by atoms with Crippen LogP contribution in [-0.2, 0) is 13.1 Å². The number of hydrogen-bond donors (Lipinski definition) is 1. The molecule has 2 N–H and O–H groups in total. The summed E-state index contributed by atoms with van der Waals surface area (Å²) in [6.07, 6.45) is 3.37. The molecule has 98 valence electrons. The van der Waals surface area contributed by atoms with E-state index in [1.165, 1.54) is 17.7 Å². The van der Waals surface area contributed by atoms with Gasteiger partial charge in [0.15, 0.2) is 0 Å². The van der Waals surface area contributed by atoms with Crippen molar-refractivity contribution in [2.24, 2.45) is 5.73 Å². The summed E-state index contributed by atoms with van der Waals surface area (Å²) in [5.41, 5.74) is 6.83. The van der Waals surface area contributed by atoms with E-state index in [1.54, 1.807) is 0 Å². The number of nitrogens with two attached hydrogens (primary N) is 1. The zero-order valence-corrected chi connectivity index (χ0v) is 12.1. The van der Waals surface area contributed by atoms with E-state index >= 15 is 0 Å². The van der Waals surface area contributed by atoms with Gasteiger partial charge in [-0.25, -0.2) is 0 Å². The van der Waals surface area contributed by atoms with Gasteiger partial charge in [0.05, 0.1) is 6.54 Å². The van der Waals surface area contributed by atoms with Crippen LogP contribution in [0, 0.1) is 6.92 Å². The van der Waals surface area contributed by atoms with Gasteiger partial charge >= 0.3 is 0 Å². The second kappa shape index (κ2) is 7.09. The zero-order chi connectivity index (χ0) is 12.8. The molecule has 1 rings (SSSR count). The van der Waals surface area contributed by atoms with E-state index < -0.39 is 0 Å². The molecule has 3 nitrogen and oxygen atoms in total. The SMILES string of the molecule is CSCCC(C)N(C)Cc1cc(CN)oc1C. The van der Waals surface area contributed by atoms with Crippen LogP contribution in [0.4, 0.5) is 0 Å². The Hall–Kier alpha value is -0.450. The highest BCUT2D eigenvalue weighted by Gasteiger charge is 2.13. The van der Waals surface area contributed by atoms with Crippen molar-refractivity contribution >= 4 is 11.8 Å². The lowest BCUT2D eigenvalue weighted by Crippen LogP contribution is -2.29. The maximum absolute atomic E-state index is 5.58. The van der Waals surface area contributed by atoms with Crippen LogP contribution in [0.15, 0.2) is 10.5 Å². The average molecular weight is 256 g/mol. The summed E-state index contributed by atoms with van der Waals surface area (Å²) >= 11 is 1.90. The Morgan fingerprint density at radius 3 is 2.76 bits per heavy atom. The predicted molar refractivity (Wildman–Crippen MR) is 75.3 cm³/mol. The molecule has 0 aromatic carbocycles. The summed E-state index contributed by atoms with van der Waals surface area (Å²) in [7, 11) is 2.17. The van der Waals surface area contributed by atoms with Crippen molar-refractivity contribution in [1.29, 1.82) is 0 Å². The molecule has 0 fully saturated rings. The molecule has 0 spiro atoms. The van der Waals surface area contributed by atoms with Crippen molar-refractivity contribution in [3.05, 3.63) is 23.2 Å². The first-order chi connectivity index (χ1) is 8.08. The Morgan fingerprint density at radius 1 is 1.53 bits per heavy atom. The minimum absolute atomic E-state index is 0.479. The summed E-state index contributed by atoms with van der Waals surface area (Å²) in [5, 5.41) is 0. The van der Waals surface area contributed by atoms with E-state index in [0.717, 1.165) is 18.1 Å². The van der Waals surface area contributed by atoms with Gasteiger partial charge < -0.3 is 10.2 Å². The van der Waals surface area contributed by atoms with Crippen LogP contribution < -0.4 is 5.73 Å². The highest BCUT2D eigenvalue weighted by atomic mass is 32.2. The molecule has 0 saturated heterocycles. The first-order valence-electron chi connectivity index (χ1n) is 6.06. The third-order valence-corrected chi connectivity index (χ3v) is 3.83. The smallest absolute Gasteiger partial charge is 0.118 e. The molecule has 1 heterocycles. The molecule has 1 aromatic rings. The topological polar surface area (TPSA) is 42.4 Å². The summed E-state index contributed by atoms with van der Waals surface area (Å²) in [6.45, 7) is 5.70. The van der Waals surface area contributed by atoms with Crippen LogP contribution in [0.25, 0.3) is 0 Å². The molecule has 0 aliphatic heterocycles. The van der Waals surface area contributed by atoms with Crippen LogP contribution >= 0.6 is 11.8 Å². The fraction of sp³-hybridized carbons (Fsp3) is 0.692. The molecule has 0 amide bonds. The van der Waals surface area contributed by atoms with Crippen LogP contribution in [0.2, 0.25) is 0 Å². The fourth-order valence-electron chi connectivity index (χ4n) is 1.78. The number of aryl methyl sites for hydroxylation is 1. The van der Waals surface area contributed by atoms with E-state index in [1.807, 2.05) is 18.7 Å². The number of furan rings is 1. The molecule has 0 saturated carbocycles. The number of hydrogen-bond acceptors (Lipinski definition) is 4. The Bertz CT molecular complexity index is 338. The Balaban J connectivity index is 2.54. The number of rotatable bonds is 7. The molecule has 0 aliphatic carbocycles. The fourth-order valence-corrected chi connectivity index (χ4v) is 2.36. The van der Waals surface area contributed by atoms with E-state index in [0.29, 0.717) is 12.6 Å². The molecular weight excluding hydrogens is 232 g/mol.